The molecule has 1 aromatic carbocycles. The van der Waals surface area contributed by atoms with Crippen LogP contribution >= 0.6 is 0 Å². The molecule has 2 aromatic rings. The first-order valence-electron chi connectivity index (χ1n) is 5.85. The molecule has 0 fully saturated rings. The van der Waals surface area contributed by atoms with E-state index < -0.39 is 0 Å². The molecule has 0 unspecified atom stereocenters. The van der Waals surface area contributed by atoms with Crippen LogP contribution in [-0.4, -0.2) is 28.1 Å². The molecule has 0 saturated carbocycles. The largest absolute Gasteiger partial charge is 0.309 e. The molecule has 0 aliphatic rings. The van der Waals surface area contributed by atoms with Crippen molar-refractivity contribution in [2.75, 3.05) is 11.9 Å². The van der Waals surface area contributed by atoms with Crippen LogP contribution in [0.15, 0.2) is 24.3 Å². The minimum Gasteiger partial charge on any atom is -0.309 e. The molecule has 0 bridgehead atoms. The van der Waals surface area contributed by atoms with E-state index in [4.69, 9.17) is 5.26 Å². The standard InChI is InChI=1S/C13H13N5O/c1-3-11-15-12(17-16-11)13(19)18(2)10-6-4-5-9(7-10)8-14/h4-7H,3H2,1-2H3,(H,15,16,17). The molecule has 2 rings (SSSR count). The lowest BCUT2D eigenvalue weighted by Crippen LogP contribution is -2.27. The average Bonchev–Trinajstić information content (AvgIpc) is 2.94. The first-order valence-corrected chi connectivity index (χ1v) is 5.85. The van der Waals surface area contributed by atoms with Crippen LogP contribution in [0.3, 0.4) is 0 Å². The third-order valence-corrected chi connectivity index (χ3v) is 2.73. The summed E-state index contributed by atoms with van der Waals surface area (Å²) >= 11 is 0. The number of nitriles is 1. The quantitative estimate of drug-likeness (QED) is 0.900. The summed E-state index contributed by atoms with van der Waals surface area (Å²) in [5.74, 6) is 0.482. The molecule has 0 aliphatic carbocycles. The molecule has 1 N–H and O–H groups in total. The summed E-state index contributed by atoms with van der Waals surface area (Å²) < 4.78 is 0. The van der Waals surface area contributed by atoms with Gasteiger partial charge in [-0.3, -0.25) is 9.89 Å². The molecular weight excluding hydrogens is 242 g/mol. The van der Waals surface area contributed by atoms with Crippen LogP contribution < -0.4 is 4.90 Å². The number of benzene rings is 1. The van der Waals surface area contributed by atoms with Crippen molar-refractivity contribution in [1.82, 2.24) is 15.2 Å². The van der Waals surface area contributed by atoms with E-state index in [1.54, 1.807) is 31.3 Å². The molecule has 0 saturated heterocycles. The summed E-state index contributed by atoms with van der Waals surface area (Å²) in [5, 5.41) is 15.4. The maximum Gasteiger partial charge on any atom is 0.297 e. The van der Waals surface area contributed by atoms with Gasteiger partial charge in [0.15, 0.2) is 0 Å². The highest BCUT2D eigenvalue weighted by atomic mass is 16.2. The average molecular weight is 255 g/mol. The van der Waals surface area contributed by atoms with E-state index in [1.165, 1.54) is 4.90 Å². The van der Waals surface area contributed by atoms with Gasteiger partial charge in [0, 0.05) is 19.2 Å². The van der Waals surface area contributed by atoms with Crippen LogP contribution in [0, 0.1) is 11.3 Å². The molecule has 0 atom stereocenters. The number of amides is 1. The molecule has 0 aliphatic heterocycles. The van der Waals surface area contributed by atoms with Crippen molar-refractivity contribution in [2.45, 2.75) is 13.3 Å². The van der Waals surface area contributed by atoms with Crippen molar-refractivity contribution in [3.05, 3.63) is 41.5 Å². The monoisotopic (exact) mass is 255 g/mol. The van der Waals surface area contributed by atoms with E-state index in [2.05, 4.69) is 15.2 Å². The fraction of sp³-hybridized carbons (Fsp3) is 0.231. The highest BCUT2D eigenvalue weighted by molar-refractivity contribution is 6.03. The van der Waals surface area contributed by atoms with Gasteiger partial charge in [-0.25, -0.2) is 4.98 Å². The smallest absolute Gasteiger partial charge is 0.297 e. The number of rotatable bonds is 3. The number of aromatic amines is 1. The van der Waals surface area contributed by atoms with Crippen molar-refractivity contribution in [3.63, 3.8) is 0 Å². The third kappa shape index (κ3) is 2.60. The molecule has 96 valence electrons. The van der Waals surface area contributed by atoms with Crippen LogP contribution in [-0.2, 0) is 6.42 Å². The summed E-state index contributed by atoms with van der Waals surface area (Å²) in [6.07, 6.45) is 0.688. The lowest BCUT2D eigenvalue weighted by atomic mass is 10.2. The van der Waals surface area contributed by atoms with Gasteiger partial charge in [0.1, 0.15) is 5.82 Å². The Hall–Kier alpha value is -2.68. The number of H-pyrrole nitrogens is 1. The number of nitrogens with one attached hydrogen (secondary N) is 1. The highest BCUT2D eigenvalue weighted by Gasteiger charge is 2.18. The molecular formula is C13H13N5O. The number of hydrogen-bond acceptors (Lipinski definition) is 4. The van der Waals surface area contributed by atoms with E-state index in [-0.39, 0.29) is 11.7 Å². The van der Waals surface area contributed by atoms with E-state index in [1.807, 2.05) is 13.0 Å². The number of anilines is 1. The second kappa shape index (κ2) is 5.31. The fourth-order valence-electron chi connectivity index (χ4n) is 1.60. The van der Waals surface area contributed by atoms with E-state index in [0.29, 0.717) is 23.5 Å². The van der Waals surface area contributed by atoms with Gasteiger partial charge in [-0.1, -0.05) is 13.0 Å². The lowest BCUT2D eigenvalue weighted by Gasteiger charge is -2.15. The van der Waals surface area contributed by atoms with Crippen molar-refractivity contribution in [1.29, 1.82) is 5.26 Å². The van der Waals surface area contributed by atoms with E-state index in [9.17, 15) is 4.79 Å². The summed E-state index contributed by atoms with van der Waals surface area (Å²) in [4.78, 5) is 17.7. The number of carbonyl (C=O) groups is 1. The Bertz CT molecular complexity index is 640. The second-order valence-electron chi connectivity index (χ2n) is 3.99. The van der Waals surface area contributed by atoms with Crippen LogP contribution in [0.4, 0.5) is 5.69 Å². The summed E-state index contributed by atoms with van der Waals surface area (Å²) in [5.41, 5.74) is 1.13. The number of aryl methyl sites for hydroxylation is 1. The van der Waals surface area contributed by atoms with Crippen molar-refractivity contribution < 1.29 is 4.79 Å². The van der Waals surface area contributed by atoms with Gasteiger partial charge in [-0.2, -0.15) is 5.26 Å². The molecule has 19 heavy (non-hydrogen) atoms. The topological polar surface area (TPSA) is 85.7 Å². The predicted octanol–water partition coefficient (Wildman–Crippen LogP) is 1.52. The zero-order valence-electron chi connectivity index (χ0n) is 10.7. The third-order valence-electron chi connectivity index (χ3n) is 2.73. The SMILES string of the molecule is CCc1nc(C(=O)N(C)c2cccc(C#N)c2)n[nH]1. The first kappa shape index (κ1) is 12.8. The maximum atomic E-state index is 12.2. The van der Waals surface area contributed by atoms with Crippen molar-refractivity contribution in [3.8, 4) is 6.07 Å². The van der Waals surface area contributed by atoms with Gasteiger partial charge in [-0.15, -0.1) is 5.10 Å². The molecule has 0 radical (unpaired) electrons. The fourth-order valence-corrected chi connectivity index (χ4v) is 1.60. The van der Waals surface area contributed by atoms with Crippen molar-refractivity contribution in [2.24, 2.45) is 0 Å². The van der Waals surface area contributed by atoms with Crippen LogP contribution in [0.2, 0.25) is 0 Å². The normalized spacial score (nSPS) is 9.95. The number of hydrogen-bond donors (Lipinski definition) is 1. The Labute approximate surface area is 110 Å². The molecule has 6 nitrogen and oxygen atoms in total. The molecule has 1 aromatic heterocycles. The Kier molecular flexibility index (Phi) is 3.57. The van der Waals surface area contributed by atoms with E-state index in [0.717, 1.165) is 0 Å². The lowest BCUT2D eigenvalue weighted by molar-refractivity contribution is 0.0983. The molecule has 0 spiro atoms. The minimum absolute atomic E-state index is 0.127. The minimum atomic E-state index is -0.314. The Morgan fingerprint density at radius 1 is 1.53 bits per heavy atom. The van der Waals surface area contributed by atoms with Crippen LogP contribution in [0.1, 0.15) is 28.9 Å². The zero-order valence-corrected chi connectivity index (χ0v) is 10.7. The maximum absolute atomic E-state index is 12.2. The van der Waals surface area contributed by atoms with Gasteiger partial charge < -0.3 is 4.90 Å². The van der Waals surface area contributed by atoms with Gasteiger partial charge in [0.05, 0.1) is 11.6 Å². The summed E-state index contributed by atoms with van der Waals surface area (Å²) in [6.45, 7) is 1.93. The summed E-state index contributed by atoms with van der Waals surface area (Å²) in [6, 6.07) is 8.85. The number of carbonyl (C=O) groups excluding carboxylic acids is 1. The van der Waals surface area contributed by atoms with Gasteiger partial charge in [0.25, 0.3) is 5.91 Å². The van der Waals surface area contributed by atoms with Gasteiger partial charge >= 0.3 is 0 Å². The second-order valence-corrected chi connectivity index (χ2v) is 3.99. The Morgan fingerprint density at radius 2 is 2.32 bits per heavy atom. The van der Waals surface area contributed by atoms with Crippen molar-refractivity contribution >= 4 is 11.6 Å². The predicted molar refractivity (Wildman–Crippen MR) is 69.7 cm³/mol. The molecule has 1 heterocycles. The first-order chi connectivity index (χ1) is 9.15. The van der Waals surface area contributed by atoms with E-state index >= 15 is 0 Å². The van der Waals surface area contributed by atoms with Gasteiger partial charge in [-0.05, 0) is 18.2 Å². The highest BCUT2D eigenvalue weighted by Crippen LogP contribution is 2.16. The Balaban J connectivity index is 2.25. The molecule has 6 heteroatoms. The number of nitrogens with zero attached hydrogens (tertiary/aromatic N) is 4. The molecule has 1 amide bonds. The Morgan fingerprint density at radius 3 is 2.95 bits per heavy atom. The van der Waals surface area contributed by atoms with Gasteiger partial charge in [0.2, 0.25) is 5.82 Å². The number of aromatic nitrogens is 3. The zero-order chi connectivity index (χ0) is 13.8. The summed E-state index contributed by atoms with van der Waals surface area (Å²) in [7, 11) is 1.63. The van der Waals surface area contributed by atoms with Crippen LogP contribution in [0.5, 0.6) is 0 Å². The van der Waals surface area contributed by atoms with Crippen LogP contribution in [0.25, 0.3) is 0 Å².